The zero-order valence-corrected chi connectivity index (χ0v) is 14.9. The van der Waals surface area contributed by atoms with Crippen LogP contribution in [0, 0.1) is 0 Å². The lowest BCUT2D eigenvalue weighted by Gasteiger charge is -2.09. The first-order valence-corrected chi connectivity index (χ1v) is 8.76. The summed E-state index contributed by atoms with van der Waals surface area (Å²) in [5, 5.41) is 2.22. The van der Waals surface area contributed by atoms with Crippen LogP contribution in [-0.2, 0) is 0 Å². The molecule has 0 aliphatic rings. The van der Waals surface area contributed by atoms with Gasteiger partial charge in [0, 0.05) is 21.5 Å². The van der Waals surface area contributed by atoms with Crippen LogP contribution in [-0.4, -0.2) is 28.2 Å². The predicted molar refractivity (Wildman–Crippen MR) is 95.2 cm³/mol. The molecule has 124 valence electrons. The molecule has 1 aromatic carbocycles. The first kappa shape index (κ1) is 16.8. The summed E-state index contributed by atoms with van der Waals surface area (Å²) in [4.78, 5) is 14.2. The predicted octanol–water partition coefficient (Wildman–Crippen LogP) is 4.63. The van der Waals surface area contributed by atoms with E-state index in [4.69, 9.17) is 21.1 Å². The Hall–Kier alpha value is -2.05. The number of hydrogen-bond donors (Lipinski definition) is 0. The number of hydrogen-bond acceptors (Lipinski definition) is 6. The van der Waals surface area contributed by atoms with Crippen molar-refractivity contribution in [3.05, 3.63) is 41.6 Å². The molecule has 0 saturated carbocycles. The minimum atomic E-state index is 0.500. The minimum absolute atomic E-state index is 0.500. The van der Waals surface area contributed by atoms with Crippen LogP contribution in [0.15, 0.2) is 46.6 Å². The van der Waals surface area contributed by atoms with Gasteiger partial charge in [-0.25, -0.2) is 0 Å². The molecule has 3 rings (SSSR count). The van der Waals surface area contributed by atoms with Crippen LogP contribution in [0.2, 0.25) is 5.02 Å². The van der Waals surface area contributed by atoms with Crippen molar-refractivity contribution in [2.24, 2.45) is 0 Å². The van der Waals surface area contributed by atoms with E-state index in [1.165, 1.54) is 11.8 Å². The standard InChI is InChI=1S/C17H16ClN3O2S/c1-3-22-15-10-16(23-4-2)21-17(20-15)24-14-7-8-19-13-9-11(18)5-6-12(13)14/h5-10H,3-4H2,1-2H3. The normalized spacial score (nSPS) is 10.8. The Bertz CT molecular complexity index is 836. The van der Waals surface area contributed by atoms with E-state index in [9.17, 15) is 0 Å². The second kappa shape index (κ2) is 7.68. The highest BCUT2D eigenvalue weighted by atomic mass is 35.5. The topological polar surface area (TPSA) is 57.1 Å². The van der Waals surface area contributed by atoms with Gasteiger partial charge in [0.25, 0.3) is 0 Å². The fourth-order valence-electron chi connectivity index (χ4n) is 2.16. The van der Waals surface area contributed by atoms with E-state index in [0.717, 1.165) is 15.8 Å². The van der Waals surface area contributed by atoms with Crippen molar-refractivity contribution in [1.29, 1.82) is 0 Å². The van der Waals surface area contributed by atoms with Gasteiger partial charge in [-0.2, -0.15) is 9.97 Å². The van der Waals surface area contributed by atoms with E-state index in [2.05, 4.69) is 15.0 Å². The molecule has 0 atom stereocenters. The summed E-state index contributed by atoms with van der Waals surface area (Å²) in [6.45, 7) is 4.89. The molecule has 7 heteroatoms. The number of rotatable bonds is 6. The number of aromatic nitrogens is 3. The zero-order chi connectivity index (χ0) is 16.9. The van der Waals surface area contributed by atoms with Gasteiger partial charge in [-0.1, -0.05) is 17.7 Å². The van der Waals surface area contributed by atoms with Crippen molar-refractivity contribution in [3.63, 3.8) is 0 Å². The average Bonchev–Trinajstić information content (AvgIpc) is 2.55. The molecule has 0 fully saturated rings. The first-order chi connectivity index (χ1) is 11.7. The maximum atomic E-state index is 6.04. The van der Waals surface area contributed by atoms with E-state index in [0.29, 0.717) is 35.2 Å². The average molecular weight is 362 g/mol. The van der Waals surface area contributed by atoms with Crippen molar-refractivity contribution in [2.45, 2.75) is 23.9 Å². The number of halogens is 1. The van der Waals surface area contributed by atoms with Crippen molar-refractivity contribution in [2.75, 3.05) is 13.2 Å². The minimum Gasteiger partial charge on any atom is -0.478 e. The summed E-state index contributed by atoms with van der Waals surface area (Å²) in [6, 6.07) is 9.26. The van der Waals surface area contributed by atoms with Crippen molar-refractivity contribution in [1.82, 2.24) is 15.0 Å². The molecule has 0 radical (unpaired) electrons. The quantitative estimate of drug-likeness (QED) is 0.597. The van der Waals surface area contributed by atoms with Crippen LogP contribution in [0.5, 0.6) is 11.8 Å². The van der Waals surface area contributed by atoms with Crippen molar-refractivity contribution in [3.8, 4) is 11.8 Å². The third-order valence-corrected chi connectivity index (χ3v) is 4.29. The number of nitrogens with zero attached hydrogens (tertiary/aromatic N) is 3. The maximum absolute atomic E-state index is 6.04. The molecule has 2 heterocycles. The lowest BCUT2D eigenvalue weighted by atomic mass is 10.2. The second-order valence-electron chi connectivity index (χ2n) is 4.77. The summed E-state index contributed by atoms with van der Waals surface area (Å²) < 4.78 is 11.0. The molecular weight excluding hydrogens is 346 g/mol. The fraction of sp³-hybridized carbons (Fsp3) is 0.235. The SMILES string of the molecule is CCOc1cc(OCC)nc(Sc2ccnc3cc(Cl)ccc23)n1. The van der Waals surface area contributed by atoms with E-state index in [1.807, 2.05) is 38.1 Å². The first-order valence-electron chi connectivity index (χ1n) is 7.56. The van der Waals surface area contributed by atoms with E-state index < -0.39 is 0 Å². The molecule has 0 N–H and O–H groups in total. The highest BCUT2D eigenvalue weighted by molar-refractivity contribution is 7.99. The van der Waals surface area contributed by atoms with E-state index in [1.54, 1.807) is 12.3 Å². The molecule has 0 saturated heterocycles. The van der Waals surface area contributed by atoms with Gasteiger partial charge in [-0.15, -0.1) is 0 Å². The van der Waals surface area contributed by atoms with Gasteiger partial charge >= 0.3 is 0 Å². The molecule has 0 bridgehead atoms. The van der Waals surface area contributed by atoms with Crippen LogP contribution in [0.4, 0.5) is 0 Å². The van der Waals surface area contributed by atoms with E-state index >= 15 is 0 Å². The summed E-state index contributed by atoms with van der Waals surface area (Å²) in [5.41, 5.74) is 0.832. The Morgan fingerprint density at radius 3 is 2.38 bits per heavy atom. The highest BCUT2D eigenvalue weighted by Crippen LogP contribution is 2.33. The van der Waals surface area contributed by atoms with Crippen LogP contribution < -0.4 is 9.47 Å². The zero-order valence-electron chi connectivity index (χ0n) is 13.3. The number of fused-ring (bicyclic) bond motifs is 1. The van der Waals surface area contributed by atoms with Gasteiger partial charge in [0.2, 0.25) is 11.8 Å². The third-order valence-electron chi connectivity index (χ3n) is 3.11. The van der Waals surface area contributed by atoms with Gasteiger partial charge in [-0.3, -0.25) is 4.98 Å². The molecule has 3 aromatic rings. The van der Waals surface area contributed by atoms with Gasteiger partial charge in [-0.05, 0) is 43.8 Å². The summed E-state index contributed by atoms with van der Waals surface area (Å²) >= 11 is 7.48. The Morgan fingerprint density at radius 1 is 1.00 bits per heavy atom. The molecule has 0 unspecified atom stereocenters. The van der Waals surface area contributed by atoms with E-state index in [-0.39, 0.29) is 0 Å². The molecule has 0 aliphatic carbocycles. The van der Waals surface area contributed by atoms with Gasteiger partial charge in [0.05, 0.1) is 24.8 Å². The van der Waals surface area contributed by atoms with Crippen LogP contribution in [0.3, 0.4) is 0 Å². The molecule has 0 amide bonds. The Labute approximate surface area is 149 Å². The lowest BCUT2D eigenvalue weighted by molar-refractivity contribution is 0.300. The largest absolute Gasteiger partial charge is 0.478 e. The second-order valence-corrected chi connectivity index (χ2v) is 6.21. The van der Waals surface area contributed by atoms with Crippen molar-refractivity contribution >= 4 is 34.3 Å². The Morgan fingerprint density at radius 2 is 1.71 bits per heavy atom. The molecule has 24 heavy (non-hydrogen) atoms. The fourth-order valence-corrected chi connectivity index (χ4v) is 3.20. The van der Waals surface area contributed by atoms with Gasteiger partial charge in [0.15, 0.2) is 5.16 Å². The molecule has 0 spiro atoms. The Kier molecular flexibility index (Phi) is 5.37. The molecule has 2 aromatic heterocycles. The Balaban J connectivity index is 1.98. The maximum Gasteiger partial charge on any atom is 0.221 e. The highest BCUT2D eigenvalue weighted by Gasteiger charge is 2.11. The summed E-state index contributed by atoms with van der Waals surface area (Å²) in [5.74, 6) is 1.000. The van der Waals surface area contributed by atoms with Crippen LogP contribution in [0.1, 0.15) is 13.8 Å². The lowest BCUT2D eigenvalue weighted by Crippen LogP contribution is -2.01. The van der Waals surface area contributed by atoms with Crippen LogP contribution in [0.25, 0.3) is 10.9 Å². The number of pyridine rings is 1. The van der Waals surface area contributed by atoms with Gasteiger partial charge < -0.3 is 9.47 Å². The molecular formula is C17H16ClN3O2S. The molecule has 0 aliphatic heterocycles. The van der Waals surface area contributed by atoms with Crippen molar-refractivity contribution < 1.29 is 9.47 Å². The third kappa shape index (κ3) is 3.88. The number of benzene rings is 1. The summed E-state index contributed by atoms with van der Waals surface area (Å²) in [7, 11) is 0. The molecule has 5 nitrogen and oxygen atoms in total. The monoisotopic (exact) mass is 361 g/mol. The summed E-state index contributed by atoms with van der Waals surface area (Å²) in [6.07, 6.45) is 1.75. The number of ether oxygens (including phenoxy) is 2. The van der Waals surface area contributed by atoms with Crippen LogP contribution >= 0.6 is 23.4 Å². The smallest absolute Gasteiger partial charge is 0.221 e. The van der Waals surface area contributed by atoms with Gasteiger partial charge in [0.1, 0.15) is 0 Å².